The van der Waals surface area contributed by atoms with Gasteiger partial charge in [0, 0.05) is 29.3 Å². The van der Waals surface area contributed by atoms with Crippen molar-refractivity contribution in [2.45, 2.75) is 37.5 Å². The molecule has 1 atom stereocenters. The van der Waals surface area contributed by atoms with E-state index in [1.807, 2.05) is 6.92 Å². The molecule has 0 bridgehead atoms. The van der Waals surface area contributed by atoms with Crippen LogP contribution in [0.4, 0.5) is 0 Å². The summed E-state index contributed by atoms with van der Waals surface area (Å²) in [6.45, 7) is 2.01. The van der Waals surface area contributed by atoms with E-state index in [1.165, 1.54) is 0 Å². The third-order valence-electron chi connectivity index (χ3n) is 2.84. The number of carbonyl (C=O) groups excluding carboxylic acids is 1. The van der Waals surface area contributed by atoms with Gasteiger partial charge in [-0.2, -0.15) is 0 Å². The molecule has 0 saturated heterocycles. The van der Waals surface area contributed by atoms with Crippen LogP contribution >= 0.6 is 15.9 Å². The minimum absolute atomic E-state index is 0.138. The van der Waals surface area contributed by atoms with Gasteiger partial charge in [0.15, 0.2) is 4.90 Å². The van der Waals surface area contributed by atoms with Crippen molar-refractivity contribution in [1.29, 1.82) is 0 Å². The van der Waals surface area contributed by atoms with Crippen LogP contribution in [-0.4, -0.2) is 27.0 Å². The first kappa shape index (κ1) is 16.5. The second-order valence-electron chi connectivity index (χ2n) is 4.26. The van der Waals surface area contributed by atoms with Crippen molar-refractivity contribution in [1.82, 2.24) is 0 Å². The summed E-state index contributed by atoms with van der Waals surface area (Å²) in [4.78, 5) is 11.3. The fraction of sp³-hybridized carbons (Fsp3) is 0.500. The second-order valence-corrected chi connectivity index (χ2v) is 6.60. The number of alkyl halides is 1. The number of phenolic OH excluding ortho intramolecular Hbond substituents is 1. The summed E-state index contributed by atoms with van der Waals surface area (Å²) >= 11 is 2.23. The molecule has 106 valence electrons. The van der Waals surface area contributed by atoms with E-state index >= 15 is 0 Å². The Morgan fingerprint density at radius 1 is 1.47 bits per heavy atom. The van der Waals surface area contributed by atoms with Crippen LogP contribution in [0.1, 0.15) is 30.9 Å². The Kier molecular flexibility index (Phi) is 7.49. The highest BCUT2D eigenvalue weighted by atomic mass is 79.9. The first-order valence-corrected chi connectivity index (χ1v) is 8.81. The number of phenols is 1. The molecule has 0 saturated carbocycles. The van der Waals surface area contributed by atoms with Gasteiger partial charge in [0.1, 0.15) is 17.8 Å². The number of halogens is 1. The monoisotopic (exact) mass is 346 g/mol. The molecule has 1 aromatic carbocycles. The summed E-state index contributed by atoms with van der Waals surface area (Å²) in [5.74, 6) is 0.715. The summed E-state index contributed by atoms with van der Waals surface area (Å²) in [5.41, 5.74) is 1.34. The molecule has 0 aromatic heterocycles. The van der Waals surface area contributed by atoms with Gasteiger partial charge in [0.2, 0.25) is 0 Å². The van der Waals surface area contributed by atoms with E-state index in [9.17, 15) is 14.5 Å². The molecule has 0 heterocycles. The lowest BCUT2D eigenvalue weighted by atomic mass is 10.0. The van der Waals surface area contributed by atoms with E-state index in [0.29, 0.717) is 22.6 Å². The summed E-state index contributed by atoms with van der Waals surface area (Å²) in [7, 11) is 0. The van der Waals surface area contributed by atoms with E-state index < -0.39 is 11.2 Å². The Morgan fingerprint density at radius 3 is 2.79 bits per heavy atom. The summed E-state index contributed by atoms with van der Waals surface area (Å²) in [6, 6.07) is 3.48. The Labute approximate surface area is 125 Å². The lowest BCUT2D eigenvalue weighted by molar-refractivity contribution is -0.107. The van der Waals surface area contributed by atoms with E-state index in [1.54, 1.807) is 12.1 Å². The van der Waals surface area contributed by atoms with Crippen LogP contribution in [0, 0.1) is 0 Å². The molecule has 0 amide bonds. The molecular weight excluding hydrogens is 328 g/mol. The first-order valence-electron chi connectivity index (χ1n) is 6.37. The number of benzene rings is 1. The van der Waals surface area contributed by atoms with Crippen LogP contribution in [0.2, 0.25) is 0 Å². The van der Waals surface area contributed by atoms with Crippen molar-refractivity contribution in [2.24, 2.45) is 0 Å². The van der Waals surface area contributed by atoms with Crippen molar-refractivity contribution >= 4 is 33.4 Å². The Balaban J connectivity index is 3.08. The lowest BCUT2D eigenvalue weighted by Crippen LogP contribution is -2.11. The molecular formula is C14H19BrO3S. The zero-order valence-corrected chi connectivity index (χ0v) is 13.4. The normalized spacial score (nSPS) is 12.4. The molecule has 1 rings (SSSR count). The van der Waals surface area contributed by atoms with E-state index in [4.69, 9.17) is 0 Å². The number of carbonyl (C=O) groups is 1. The van der Waals surface area contributed by atoms with Gasteiger partial charge in [0.05, 0.1) is 0 Å². The smallest absolute Gasteiger partial charge is 0.159 e. The minimum atomic E-state index is -1.10. The van der Waals surface area contributed by atoms with Gasteiger partial charge in [0.25, 0.3) is 0 Å². The van der Waals surface area contributed by atoms with Gasteiger partial charge >= 0.3 is 0 Å². The van der Waals surface area contributed by atoms with Crippen LogP contribution in [-0.2, 0) is 28.8 Å². The van der Waals surface area contributed by atoms with E-state index in [2.05, 4.69) is 15.9 Å². The zero-order chi connectivity index (χ0) is 14.3. The minimum Gasteiger partial charge on any atom is -0.611 e. The first-order chi connectivity index (χ1) is 9.15. The molecule has 3 nitrogen and oxygen atoms in total. The van der Waals surface area contributed by atoms with Crippen LogP contribution in [0.25, 0.3) is 0 Å². The maximum absolute atomic E-state index is 12.2. The average Bonchev–Trinajstić information content (AvgIpc) is 2.41. The van der Waals surface area contributed by atoms with E-state index in [0.717, 1.165) is 30.0 Å². The Morgan fingerprint density at radius 2 is 2.21 bits per heavy atom. The fourth-order valence-corrected chi connectivity index (χ4v) is 3.89. The molecule has 5 heteroatoms. The SMILES string of the molecule is CCCc1c([S+]([O-])CCCBr)ccc(CC=O)c1O. The largest absolute Gasteiger partial charge is 0.611 e. The second kappa shape index (κ2) is 8.61. The van der Waals surface area contributed by atoms with Crippen LogP contribution < -0.4 is 0 Å². The molecule has 0 spiro atoms. The average molecular weight is 347 g/mol. The molecule has 1 aromatic rings. The van der Waals surface area contributed by atoms with Crippen molar-refractivity contribution in [3.8, 4) is 5.75 Å². The quantitative estimate of drug-likeness (QED) is 0.447. The molecule has 0 aliphatic heterocycles. The maximum Gasteiger partial charge on any atom is 0.159 e. The van der Waals surface area contributed by atoms with Crippen molar-refractivity contribution < 1.29 is 14.5 Å². The van der Waals surface area contributed by atoms with Crippen LogP contribution in [0.15, 0.2) is 17.0 Å². The lowest BCUT2D eigenvalue weighted by Gasteiger charge is -2.16. The molecule has 19 heavy (non-hydrogen) atoms. The molecule has 0 aliphatic rings. The van der Waals surface area contributed by atoms with Gasteiger partial charge < -0.3 is 14.5 Å². The number of aromatic hydroxyl groups is 1. The van der Waals surface area contributed by atoms with Gasteiger partial charge in [-0.25, -0.2) is 0 Å². The molecule has 0 radical (unpaired) electrons. The molecule has 0 aliphatic carbocycles. The molecule has 1 N–H and O–H groups in total. The molecule has 1 unspecified atom stereocenters. The highest BCUT2D eigenvalue weighted by molar-refractivity contribution is 9.09. The van der Waals surface area contributed by atoms with Crippen molar-refractivity contribution in [3.63, 3.8) is 0 Å². The predicted octanol–water partition coefficient (Wildman–Crippen LogP) is 2.98. The number of hydrogen-bond acceptors (Lipinski definition) is 3. The number of hydrogen-bond donors (Lipinski definition) is 1. The molecule has 0 fully saturated rings. The van der Waals surface area contributed by atoms with Crippen molar-refractivity contribution in [2.75, 3.05) is 11.1 Å². The van der Waals surface area contributed by atoms with Crippen LogP contribution in [0.3, 0.4) is 0 Å². The predicted molar refractivity (Wildman–Crippen MR) is 81.6 cm³/mol. The summed E-state index contributed by atoms with van der Waals surface area (Å²) in [5, 5.41) is 11.0. The summed E-state index contributed by atoms with van der Waals surface area (Å²) in [6.07, 6.45) is 3.33. The van der Waals surface area contributed by atoms with Gasteiger partial charge in [-0.05, 0) is 29.7 Å². The highest BCUT2D eigenvalue weighted by Gasteiger charge is 2.20. The third kappa shape index (κ3) is 4.51. The fourth-order valence-electron chi connectivity index (χ4n) is 1.92. The maximum atomic E-state index is 12.2. The zero-order valence-electron chi connectivity index (χ0n) is 11.0. The van der Waals surface area contributed by atoms with E-state index in [-0.39, 0.29) is 12.2 Å². The number of aldehydes is 1. The highest BCUT2D eigenvalue weighted by Crippen LogP contribution is 2.31. The third-order valence-corrected chi connectivity index (χ3v) is 4.93. The van der Waals surface area contributed by atoms with Gasteiger partial charge in [-0.3, -0.25) is 0 Å². The standard InChI is InChI=1S/C14H19BrO3S/c1-2-4-12-13(19(18)10-3-8-15)6-5-11(7-9-16)14(12)17/h5-6,9,17H,2-4,7-8,10H2,1H3. The van der Waals surface area contributed by atoms with Gasteiger partial charge in [-0.1, -0.05) is 29.3 Å². The Hall–Kier alpha value is -0.520. The number of rotatable bonds is 8. The Bertz CT molecular complexity index is 423. The van der Waals surface area contributed by atoms with Crippen molar-refractivity contribution in [3.05, 3.63) is 23.3 Å². The van der Waals surface area contributed by atoms with Crippen LogP contribution in [0.5, 0.6) is 5.75 Å². The summed E-state index contributed by atoms with van der Waals surface area (Å²) < 4.78 is 12.2. The topological polar surface area (TPSA) is 60.4 Å². The van der Waals surface area contributed by atoms with Gasteiger partial charge in [-0.15, -0.1) is 0 Å².